The standard InChI is InChI=1S/C26H28N2O3/c1-6-16-11-13-17(14-12-16)28-22(19-15-27(5)20-10-8-7-9-18(19)20)21(23(29)25(28)31)24(30)26(2,3)4/h7-15,22,29H,6H2,1-5H3. The Balaban J connectivity index is 1.97. The third-order valence-electron chi connectivity index (χ3n) is 5.98. The molecule has 0 fully saturated rings. The van der Waals surface area contributed by atoms with Crippen LogP contribution in [0.5, 0.6) is 0 Å². The monoisotopic (exact) mass is 416 g/mol. The highest BCUT2D eigenvalue weighted by atomic mass is 16.3. The topological polar surface area (TPSA) is 62.5 Å². The highest BCUT2D eigenvalue weighted by Crippen LogP contribution is 2.45. The molecule has 1 aliphatic heterocycles. The Hall–Kier alpha value is -3.34. The minimum Gasteiger partial charge on any atom is -0.503 e. The Kier molecular flexibility index (Phi) is 5.00. The van der Waals surface area contributed by atoms with Crippen LogP contribution in [0.4, 0.5) is 5.69 Å². The molecule has 0 saturated carbocycles. The summed E-state index contributed by atoms with van der Waals surface area (Å²) in [5.74, 6) is -1.24. The molecular weight excluding hydrogens is 388 g/mol. The maximum atomic E-state index is 13.4. The van der Waals surface area contributed by atoms with Crippen molar-refractivity contribution in [3.63, 3.8) is 0 Å². The molecule has 1 aromatic heterocycles. The van der Waals surface area contributed by atoms with Crippen LogP contribution < -0.4 is 4.90 Å². The van der Waals surface area contributed by atoms with Crippen LogP contribution in [0.3, 0.4) is 0 Å². The van der Waals surface area contributed by atoms with E-state index in [0.29, 0.717) is 5.69 Å². The van der Waals surface area contributed by atoms with Gasteiger partial charge < -0.3 is 9.67 Å². The second-order valence-corrected chi connectivity index (χ2v) is 9.15. The number of benzene rings is 2. The minimum absolute atomic E-state index is 0.161. The molecule has 1 unspecified atom stereocenters. The SMILES string of the molecule is CCc1ccc(N2C(=O)C(O)=C(C(=O)C(C)(C)C)C2c2cn(C)c3ccccc23)cc1. The van der Waals surface area contributed by atoms with E-state index in [1.54, 1.807) is 25.7 Å². The van der Waals surface area contributed by atoms with Gasteiger partial charge in [-0.2, -0.15) is 0 Å². The molecule has 5 nitrogen and oxygen atoms in total. The maximum absolute atomic E-state index is 13.4. The fourth-order valence-electron chi connectivity index (χ4n) is 4.28. The molecule has 0 bridgehead atoms. The number of amides is 1. The van der Waals surface area contributed by atoms with Gasteiger partial charge in [-0.1, -0.05) is 58.0 Å². The molecule has 0 radical (unpaired) electrons. The van der Waals surface area contributed by atoms with Gasteiger partial charge in [-0.3, -0.25) is 14.5 Å². The van der Waals surface area contributed by atoms with Crippen LogP contribution in [0.15, 0.2) is 66.1 Å². The lowest BCUT2D eigenvalue weighted by Gasteiger charge is -2.28. The molecule has 0 saturated heterocycles. The second kappa shape index (κ2) is 7.41. The average Bonchev–Trinajstić information content (AvgIpc) is 3.21. The zero-order valence-electron chi connectivity index (χ0n) is 18.6. The quantitative estimate of drug-likeness (QED) is 0.631. The largest absolute Gasteiger partial charge is 0.503 e. The smallest absolute Gasteiger partial charge is 0.294 e. The van der Waals surface area contributed by atoms with Crippen LogP contribution in [-0.4, -0.2) is 21.4 Å². The average molecular weight is 417 g/mol. The lowest BCUT2D eigenvalue weighted by Crippen LogP contribution is -2.32. The molecule has 1 aliphatic rings. The van der Waals surface area contributed by atoms with Gasteiger partial charge in [-0.05, 0) is 30.2 Å². The molecule has 4 rings (SSSR count). The molecule has 31 heavy (non-hydrogen) atoms. The number of hydrogen-bond acceptors (Lipinski definition) is 3. The van der Waals surface area contributed by atoms with E-state index in [1.807, 2.05) is 66.3 Å². The number of nitrogens with zero attached hydrogens (tertiary/aromatic N) is 2. The summed E-state index contributed by atoms with van der Waals surface area (Å²) in [7, 11) is 1.94. The maximum Gasteiger partial charge on any atom is 0.294 e. The van der Waals surface area contributed by atoms with Crippen molar-refractivity contribution in [3.8, 4) is 0 Å². The number of fused-ring (bicyclic) bond motifs is 1. The van der Waals surface area contributed by atoms with Gasteiger partial charge in [0.15, 0.2) is 11.5 Å². The van der Waals surface area contributed by atoms with E-state index in [1.165, 1.54) is 0 Å². The molecule has 1 N–H and O–H groups in total. The number of ketones is 1. The molecule has 3 aromatic rings. The number of para-hydroxylation sites is 1. The van der Waals surface area contributed by atoms with E-state index in [9.17, 15) is 14.7 Å². The zero-order chi connectivity index (χ0) is 22.5. The first kappa shape index (κ1) is 20.9. The van der Waals surface area contributed by atoms with Crippen LogP contribution in [-0.2, 0) is 23.1 Å². The first-order valence-electron chi connectivity index (χ1n) is 10.6. The number of hydrogen-bond donors (Lipinski definition) is 1. The Labute approximate surface area is 182 Å². The fourth-order valence-corrected chi connectivity index (χ4v) is 4.28. The molecule has 5 heteroatoms. The van der Waals surface area contributed by atoms with Crippen LogP contribution in [0.2, 0.25) is 0 Å². The van der Waals surface area contributed by atoms with Gasteiger partial charge in [-0.25, -0.2) is 0 Å². The molecule has 160 valence electrons. The number of carbonyl (C=O) groups is 2. The zero-order valence-corrected chi connectivity index (χ0v) is 18.6. The van der Waals surface area contributed by atoms with Gasteiger partial charge in [0.25, 0.3) is 5.91 Å². The van der Waals surface area contributed by atoms with E-state index in [2.05, 4.69) is 6.92 Å². The predicted molar refractivity (Wildman–Crippen MR) is 123 cm³/mol. The van der Waals surface area contributed by atoms with E-state index in [0.717, 1.165) is 28.5 Å². The lowest BCUT2D eigenvalue weighted by atomic mass is 9.82. The fraction of sp³-hybridized carbons (Fsp3) is 0.308. The van der Waals surface area contributed by atoms with Gasteiger partial charge in [0.05, 0.1) is 11.6 Å². The highest BCUT2D eigenvalue weighted by molar-refractivity contribution is 6.18. The normalized spacial score (nSPS) is 17.1. The van der Waals surface area contributed by atoms with Gasteiger partial charge in [0.2, 0.25) is 0 Å². The number of aryl methyl sites for hydroxylation is 2. The first-order chi connectivity index (χ1) is 14.6. The summed E-state index contributed by atoms with van der Waals surface area (Å²) < 4.78 is 1.99. The highest BCUT2D eigenvalue weighted by Gasteiger charge is 2.47. The third kappa shape index (κ3) is 3.34. The second-order valence-electron chi connectivity index (χ2n) is 9.15. The summed E-state index contributed by atoms with van der Waals surface area (Å²) in [6.07, 6.45) is 2.84. The van der Waals surface area contributed by atoms with Gasteiger partial charge in [0, 0.05) is 40.8 Å². The van der Waals surface area contributed by atoms with Crippen LogP contribution in [0.1, 0.15) is 44.9 Å². The van der Waals surface area contributed by atoms with Gasteiger partial charge in [-0.15, -0.1) is 0 Å². The number of anilines is 1. The summed E-state index contributed by atoms with van der Waals surface area (Å²) in [4.78, 5) is 28.3. The van der Waals surface area contributed by atoms with E-state index < -0.39 is 23.1 Å². The molecule has 1 amide bonds. The Morgan fingerprint density at radius 3 is 2.32 bits per heavy atom. The van der Waals surface area contributed by atoms with E-state index in [-0.39, 0.29) is 11.4 Å². The van der Waals surface area contributed by atoms with Crippen molar-refractivity contribution in [2.75, 3.05) is 4.90 Å². The lowest BCUT2D eigenvalue weighted by molar-refractivity contribution is -0.123. The Morgan fingerprint density at radius 2 is 1.71 bits per heavy atom. The van der Waals surface area contributed by atoms with Crippen molar-refractivity contribution in [2.24, 2.45) is 12.5 Å². The third-order valence-corrected chi connectivity index (χ3v) is 5.98. The summed E-state index contributed by atoms with van der Waals surface area (Å²) in [6.45, 7) is 7.49. The van der Waals surface area contributed by atoms with E-state index in [4.69, 9.17) is 0 Å². The van der Waals surface area contributed by atoms with Crippen LogP contribution >= 0.6 is 0 Å². The molecule has 0 spiro atoms. The van der Waals surface area contributed by atoms with Crippen molar-refractivity contribution in [2.45, 2.75) is 40.2 Å². The van der Waals surface area contributed by atoms with Crippen molar-refractivity contribution in [3.05, 3.63) is 77.2 Å². The summed E-state index contributed by atoms with van der Waals surface area (Å²) in [5, 5.41) is 11.8. The molecule has 1 atom stereocenters. The number of aliphatic hydroxyl groups is 1. The predicted octanol–water partition coefficient (Wildman–Crippen LogP) is 5.26. The van der Waals surface area contributed by atoms with Gasteiger partial charge in [0.1, 0.15) is 0 Å². The number of carbonyl (C=O) groups excluding carboxylic acids is 2. The number of Topliss-reactive ketones (excluding diaryl/α,β-unsaturated/α-hetero) is 1. The van der Waals surface area contributed by atoms with Crippen molar-refractivity contribution in [1.29, 1.82) is 0 Å². The Morgan fingerprint density at radius 1 is 1.06 bits per heavy atom. The van der Waals surface area contributed by atoms with Gasteiger partial charge >= 0.3 is 0 Å². The van der Waals surface area contributed by atoms with Crippen molar-refractivity contribution < 1.29 is 14.7 Å². The molecule has 2 aromatic carbocycles. The van der Waals surface area contributed by atoms with E-state index >= 15 is 0 Å². The molecule has 0 aliphatic carbocycles. The van der Waals surface area contributed by atoms with Crippen LogP contribution in [0, 0.1) is 5.41 Å². The molecule has 2 heterocycles. The first-order valence-corrected chi connectivity index (χ1v) is 10.6. The minimum atomic E-state index is -0.742. The summed E-state index contributed by atoms with van der Waals surface area (Å²) in [5.41, 5.74) is 3.05. The van der Waals surface area contributed by atoms with Crippen molar-refractivity contribution >= 4 is 28.3 Å². The number of aromatic nitrogens is 1. The summed E-state index contributed by atoms with van der Waals surface area (Å²) in [6, 6.07) is 14.9. The number of rotatable bonds is 4. The van der Waals surface area contributed by atoms with Crippen LogP contribution in [0.25, 0.3) is 10.9 Å². The molecular formula is C26H28N2O3. The van der Waals surface area contributed by atoms with Crippen molar-refractivity contribution in [1.82, 2.24) is 4.57 Å². The number of aliphatic hydroxyl groups excluding tert-OH is 1. The summed E-state index contributed by atoms with van der Waals surface area (Å²) >= 11 is 0. The Bertz CT molecular complexity index is 1210.